The van der Waals surface area contributed by atoms with E-state index in [-0.39, 0.29) is 5.78 Å². The maximum Gasteiger partial charge on any atom is 0.187 e. The maximum absolute atomic E-state index is 14.5. The number of allylic oxidation sites excluding steroid dienone is 2. The minimum absolute atomic E-state index is 0.227. The quantitative estimate of drug-likeness (QED) is 0.122. The third kappa shape index (κ3) is 5.23. The number of methoxy groups -OCH3 is 3. The molecule has 6 rings (SSSR count). The van der Waals surface area contributed by atoms with Gasteiger partial charge in [0.05, 0.1) is 37.5 Å². The normalized spacial score (nSPS) is 16.2. The van der Waals surface area contributed by atoms with Crippen LogP contribution in [0.3, 0.4) is 0 Å². The van der Waals surface area contributed by atoms with Crippen LogP contribution in [-0.4, -0.2) is 37.6 Å². The molecule has 0 radical (unpaired) electrons. The molecule has 0 fully saturated rings. The minimum atomic E-state index is -1.36. The molecule has 232 valence electrons. The number of ketones is 1. The molecule has 2 atom stereocenters. The number of aryl methyl sites for hydroxylation is 1. The summed E-state index contributed by atoms with van der Waals surface area (Å²) in [5, 5.41) is 0. The van der Waals surface area contributed by atoms with Crippen molar-refractivity contribution in [3.05, 3.63) is 160 Å². The molecule has 0 aliphatic heterocycles. The number of rotatable bonds is 9. The summed E-state index contributed by atoms with van der Waals surface area (Å²) in [5.74, 6) is 1.73. The van der Waals surface area contributed by atoms with Gasteiger partial charge in [0.1, 0.15) is 5.75 Å². The molecule has 1 unspecified atom stereocenters. The number of hydrogen-bond donors (Lipinski definition) is 0. The summed E-state index contributed by atoms with van der Waals surface area (Å²) < 4.78 is 30.0. The van der Waals surface area contributed by atoms with Crippen LogP contribution in [-0.2, 0) is 22.6 Å². The molecule has 1 aliphatic rings. The first-order chi connectivity index (χ1) is 22.3. The molecule has 0 N–H and O–H groups in total. The molecule has 6 heteroatoms. The lowest BCUT2D eigenvalue weighted by Crippen LogP contribution is -2.37. The van der Waals surface area contributed by atoms with Gasteiger partial charge < -0.3 is 14.2 Å². The van der Waals surface area contributed by atoms with Gasteiger partial charge in [-0.2, -0.15) is 0 Å². The fraction of sp³-hybridized carbons (Fsp3) is 0.175. The van der Waals surface area contributed by atoms with Crippen LogP contribution < -0.4 is 14.2 Å². The van der Waals surface area contributed by atoms with Crippen molar-refractivity contribution in [2.75, 3.05) is 27.6 Å². The first-order valence-corrected chi connectivity index (χ1v) is 16.6. The molecule has 5 nitrogen and oxygen atoms in total. The number of carbonyl (C=O) groups excluding carboxylic acids is 1. The van der Waals surface area contributed by atoms with Gasteiger partial charge in [-0.25, -0.2) is 0 Å². The highest BCUT2D eigenvalue weighted by Gasteiger charge is 2.47. The number of hydrogen-bond acceptors (Lipinski definition) is 5. The summed E-state index contributed by atoms with van der Waals surface area (Å²) in [6.07, 6.45) is 4.02. The molecule has 0 aromatic heterocycles. The van der Waals surface area contributed by atoms with Gasteiger partial charge in [-0.3, -0.25) is 9.00 Å². The van der Waals surface area contributed by atoms with Gasteiger partial charge in [-0.1, -0.05) is 72.8 Å². The molecular formula is C40H36O5S. The van der Waals surface area contributed by atoms with E-state index in [0.717, 1.165) is 44.5 Å². The zero-order valence-electron chi connectivity index (χ0n) is 26.6. The lowest BCUT2D eigenvalue weighted by molar-refractivity contribution is 0.104. The van der Waals surface area contributed by atoms with Crippen LogP contribution >= 0.6 is 0 Å². The summed E-state index contributed by atoms with van der Waals surface area (Å²) in [7, 11) is 3.57. The largest absolute Gasteiger partial charge is 0.497 e. The maximum atomic E-state index is 14.5. The highest BCUT2D eigenvalue weighted by molar-refractivity contribution is 7.84. The minimum Gasteiger partial charge on any atom is -0.497 e. The molecule has 0 saturated heterocycles. The molecule has 0 heterocycles. The Labute approximate surface area is 272 Å². The van der Waals surface area contributed by atoms with Gasteiger partial charge in [0, 0.05) is 16.7 Å². The van der Waals surface area contributed by atoms with Crippen molar-refractivity contribution in [1.29, 1.82) is 0 Å². The average molecular weight is 629 g/mol. The molecule has 1 aliphatic carbocycles. The SMILES string of the molecule is COc1ccc(/C(=C\C(=O)c2ccccc2S(C)=O)[C@@]2(c3ccccc3C)c3ccccc3Cc3cc(OC)c(OC)cc32)cc1. The van der Waals surface area contributed by atoms with E-state index in [1.807, 2.05) is 48.5 Å². The Bertz CT molecular complexity index is 1980. The second kappa shape index (κ2) is 12.8. The summed E-state index contributed by atoms with van der Waals surface area (Å²) in [5.41, 5.74) is 7.50. The zero-order chi connectivity index (χ0) is 32.4. The number of fused-ring (bicyclic) bond motifs is 2. The number of carbonyl (C=O) groups is 1. The molecule has 0 spiro atoms. The molecule has 0 bridgehead atoms. The predicted molar refractivity (Wildman–Crippen MR) is 184 cm³/mol. The van der Waals surface area contributed by atoms with Crippen LogP contribution in [0.1, 0.15) is 49.3 Å². The summed E-state index contributed by atoms with van der Waals surface area (Å²) in [6, 6.07) is 35.8. The van der Waals surface area contributed by atoms with Crippen molar-refractivity contribution >= 4 is 22.2 Å². The van der Waals surface area contributed by atoms with E-state index in [0.29, 0.717) is 34.1 Å². The monoisotopic (exact) mass is 628 g/mol. The van der Waals surface area contributed by atoms with Gasteiger partial charge in [0.15, 0.2) is 17.3 Å². The van der Waals surface area contributed by atoms with Gasteiger partial charge in [0.25, 0.3) is 0 Å². The van der Waals surface area contributed by atoms with E-state index >= 15 is 0 Å². The zero-order valence-corrected chi connectivity index (χ0v) is 27.4. The third-order valence-corrected chi connectivity index (χ3v) is 9.88. The second-order valence-corrected chi connectivity index (χ2v) is 12.7. The lowest BCUT2D eigenvalue weighted by Gasteiger charge is -2.45. The molecule has 5 aromatic rings. The van der Waals surface area contributed by atoms with Gasteiger partial charge in [0.2, 0.25) is 0 Å². The van der Waals surface area contributed by atoms with E-state index < -0.39 is 16.2 Å². The Morgan fingerprint density at radius 2 is 1.35 bits per heavy atom. The van der Waals surface area contributed by atoms with Crippen molar-refractivity contribution in [2.24, 2.45) is 0 Å². The number of benzene rings is 5. The lowest BCUT2D eigenvalue weighted by atomic mass is 9.57. The first kappa shape index (κ1) is 31.1. The Balaban J connectivity index is 1.81. The Hall–Kier alpha value is -4.94. The standard InChI is InChI=1S/C40H36O5S/c1-26-12-6-9-15-32(26)40(33-16-10-7-13-28(33)22-29-23-37(44-3)38(45-4)25-35(29)40)34(27-18-20-30(43-2)21-19-27)24-36(41)31-14-8-11-17-39(31)46(5)42/h6-21,23-25H,22H2,1-5H3/b34-24+/t40-,46?/m1/s1. The highest BCUT2D eigenvalue weighted by Crippen LogP contribution is 2.56. The molecular weight excluding hydrogens is 593 g/mol. The Kier molecular flexibility index (Phi) is 8.65. The topological polar surface area (TPSA) is 61.8 Å². The van der Waals surface area contributed by atoms with Crippen molar-refractivity contribution in [3.8, 4) is 17.2 Å². The smallest absolute Gasteiger partial charge is 0.187 e. The second-order valence-electron chi connectivity index (χ2n) is 11.4. The van der Waals surface area contributed by atoms with E-state index in [9.17, 15) is 9.00 Å². The molecule has 46 heavy (non-hydrogen) atoms. The fourth-order valence-corrected chi connectivity index (χ4v) is 7.58. The first-order valence-electron chi connectivity index (χ1n) is 15.1. The molecule has 0 amide bonds. The van der Waals surface area contributed by atoms with E-state index in [2.05, 4.69) is 55.5 Å². The summed E-state index contributed by atoms with van der Waals surface area (Å²) in [4.78, 5) is 15.0. The van der Waals surface area contributed by atoms with E-state index in [4.69, 9.17) is 14.2 Å². The predicted octanol–water partition coefficient (Wildman–Crippen LogP) is 7.96. The molecule has 5 aromatic carbocycles. The van der Waals surface area contributed by atoms with Crippen molar-refractivity contribution in [1.82, 2.24) is 0 Å². The van der Waals surface area contributed by atoms with Crippen LogP contribution in [0.5, 0.6) is 17.2 Å². The third-order valence-electron chi connectivity index (χ3n) is 8.91. The molecule has 0 saturated carbocycles. The highest BCUT2D eigenvalue weighted by atomic mass is 32.2. The Morgan fingerprint density at radius 1 is 0.717 bits per heavy atom. The average Bonchev–Trinajstić information content (AvgIpc) is 3.09. The van der Waals surface area contributed by atoms with Crippen LogP contribution in [0.4, 0.5) is 0 Å². The van der Waals surface area contributed by atoms with Crippen molar-refractivity contribution < 1.29 is 23.2 Å². The summed E-state index contributed by atoms with van der Waals surface area (Å²) in [6.45, 7) is 2.11. The van der Waals surface area contributed by atoms with E-state index in [1.54, 1.807) is 45.8 Å². The Morgan fingerprint density at radius 3 is 2.02 bits per heavy atom. The summed E-state index contributed by atoms with van der Waals surface area (Å²) >= 11 is 0. The van der Waals surface area contributed by atoms with Crippen molar-refractivity contribution in [2.45, 2.75) is 23.7 Å². The van der Waals surface area contributed by atoms with Crippen LogP contribution in [0.15, 0.2) is 120 Å². The van der Waals surface area contributed by atoms with E-state index in [1.165, 1.54) is 0 Å². The fourth-order valence-electron chi connectivity index (χ4n) is 6.83. The van der Waals surface area contributed by atoms with Crippen LogP contribution in [0.25, 0.3) is 5.57 Å². The number of ether oxygens (including phenoxy) is 3. The van der Waals surface area contributed by atoms with Gasteiger partial charge in [-0.15, -0.1) is 0 Å². The van der Waals surface area contributed by atoms with Crippen LogP contribution in [0.2, 0.25) is 0 Å². The van der Waals surface area contributed by atoms with Gasteiger partial charge >= 0.3 is 0 Å². The van der Waals surface area contributed by atoms with Gasteiger partial charge in [-0.05, 0) is 100 Å². The van der Waals surface area contributed by atoms with Crippen molar-refractivity contribution in [3.63, 3.8) is 0 Å². The van der Waals surface area contributed by atoms with Crippen LogP contribution in [0, 0.1) is 6.92 Å².